The second-order valence-electron chi connectivity index (χ2n) is 7.04. The second-order valence-corrected chi connectivity index (χ2v) is 8.05. The van der Waals surface area contributed by atoms with E-state index in [2.05, 4.69) is 4.99 Å². The lowest BCUT2D eigenvalue weighted by atomic mass is 10.2. The molecule has 0 atom stereocenters. The van der Waals surface area contributed by atoms with Crippen molar-refractivity contribution in [3.8, 4) is 17.2 Å². The Balaban J connectivity index is 1.80. The molecule has 2 aromatic carbocycles. The molecule has 0 radical (unpaired) electrons. The van der Waals surface area contributed by atoms with Gasteiger partial charge in [0, 0.05) is 30.7 Å². The Morgan fingerprint density at radius 2 is 1.85 bits per heavy atom. The number of carbonyl (C=O) groups is 1. The van der Waals surface area contributed by atoms with Gasteiger partial charge >= 0.3 is 5.91 Å². The normalized spacial score (nSPS) is 11.9. The molecule has 0 spiro atoms. The highest BCUT2D eigenvalue weighted by atomic mass is 32.1. The molecular formula is C24H26N2O6S. The van der Waals surface area contributed by atoms with Crippen molar-refractivity contribution in [3.63, 3.8) is 0 Å². The third-order valence-electron chi connectivity index (χ3n) is 5.07. The number of hydrogen-bond acceptors (Lipinski definition) is 7. The average molecular weight is 471 g/mol. The zero-order valence-corrected chi connectivity index (χ0v) is 19.9. The number of para-hydroxylation sites is 1. The fourth-order valence-electron chi connectivity index (χ4n) is 3.55. The molecule has 0 saturated heterocycles. The van der Waals surface area contributed by atoms with Gasteiger partial charge in [-0.25, -0.2) is 0 Å². The number of furan rings is 1. The highest BCUT2D eigenvalue weighted by Gasteiger charge is 2.17. The minimum Gasteiger partial charge on any atom is -0.493 e. The van der Waals surface area contributed by atoms with Crippen LogP contribution in [0.15, 0.2) is 45.8 Å². The molecule has 33 heavy (non-hydrogen) atoms. The quantitative estimate of drug-likeness (QED) is 0.331. The van der Waals surface area contributed by atoms with E-state index in [0.29, 0.717) is 54.0 Å². The molecule has 0 saturated carbocycles. The summed E-state index contributed by atoms with van der Waals surface area (Å²) in [5, 5.41) is 0.787. The number of methoxy groups -OCH3 is 2. The summed E-state index contributed by atoms with van der Waals surface area (Å²) in [6.45, 7) is 5.96. The summed E-state index contributed by atoms with van der Waals surface area (Å²) in [4.78, 5) is 18.0. The van der Waals surface area contributed by atoms with E-state index in [4.69, 9.17) is 23.4 Å². The molecule has 4 aromatic rings. The summed E-state index contributed by atoms with van der Waals surface area (Å²) in [5.41, 5.74) is 1.42. The summed E-state index contributed by atoms with van der Waals surface area (Å²) in [5.74, 6) is 1.50. The number of nitrogens with zero attached hydrogens (tertiary/aromatic N) is 2. The van der Waals surface area contributed by atoms with Crippen molar-refractivity contribution in [2.45, 2.75) is 20.4 Å². The molecule has 174 valence electrons. The molecule has 0 N–H and O–H groups in total. The molecule has 8 nitrogen and oxygen atoms in total. The molecule has 1 amide bonds. The number of rotatable bonds is 9. The second kappa shape index (κ2) is 10.1. The van der Waals surface area contributed by atoms with Crippen molar-refractivity contribution < 1.29 is 28.2 Å². The van der Waals surface area contributed by atoms with Gasteiger partial charge in [0.25, 0.3) is 0 Å². The molecule has 2 heterocycles. The van der Waals surface area contributed by atoms with Crippen LogP contribution in [0.4, 0.5) is 0 Å². The van der Waals surface area contributed by atoms with E-state index in [1.54, 1.807) is 20.3 Å². The number of aromatic nitrogens is 1. The van der Waals surface area contributed by atoms with Gasteiger partial charge < -0.3 is 27.9 Å². The fourth-order valence-corrected chi connectivity index (χ4v) is 4.62. The first-order chi connectivity index (χ1) is 16.1. The van der Waals surface area contributed by atoms with E-state index in [1.807, 2.05) is 48.7 Å². The number of thiazole rings is 1. The molecule has 4 rings (SSSR count). The molecule has 0 bridgehead atoms. The van der Waals surface area contributed by atoms with E-state index in [9.17, 15) is 4.79 Å². The van der Waals surface area contributed by atoms with Gasteiger partial charge in [0.05, 0.1) is 37.6 Å². The standard InChI is InChI=1S/C24H26N2O6S/c1-5-30-11-10-26-16-13-18(28-3)19(29-4)14-21(16)33-24(26)25-23(27)20-12-15-8-7-9-17(31-6-2)22(15)32-20/h7-9,12-14H,5-6,10-11H2,1-4H3. The molecule has 0 aliphatic heterocycles. The lowest BCUT2D eigenvalue weighted by Crippen LogP contribution is -2.19. The van der Waals surface area contributed by atoms with Gasteiger partial charge in [0.1, 0.15) is 0 Å². The summed E-state index contributed by atoms with van der Waals surface area (Å²) >= 11 is 1.39. The molecule has 2 aromatic heterocycles. The number of carbonyl (C=O) groups excluding carboxylic acids is 1. The van der Waals surface area contributed by atoms with Crippen LogP contribution in [0.5, 0.6) is 17.2 Å². The Morgan fingerprint density at radius 1 is 1.06 bits per heavy atom. The smallest absolute Gasteiger partial charge is 0.315 e. The van der Waals surface area contributed by atoms with Crippen LogP contribution < -0.4 is 19.0 Å². The SMILES string of the molecule is CCOCCn1c(=NC(=O)c2cc3cccc(OCC)c3o2)sc2cc(OC)c(OC)cc21. The summed E-state index contributed by atoms with van der Waals surface area (Å²) in [6.07, 6.45) is 0. The minimum atomic E-state index is -0.468. The van der Waals surface area contributed by atoms with Crippen molar-refractivity contribution in [2.75, 3.05) is 34.0 Å². The lowest BCUT2D eigenvalue weighted by Gasteiger charge is -2.09. The van der Waals surface area contributed by atoms with E-state index in [-0.39, 0.29) is 5.76 Å². The Labute approximate surface area is 195 Å². The maximum Gasteiger partial charge on any atom is 0.315 e. The topological polar surface area (TPSA) is 84.4 Å². The predicted octanol–water partition coefficient (Wildman–Crippen LogP) is 4.64. The highest BCUT2D eigenvalue weighted by Crippen LogP contribution is 2.33. The first-order valence-corrected chi connectivity index (χ1v) is 11.5. The van der Waals surface area contributed by atoms with Crippen LogP contribution in [-0.4, -0.2) is 44.5 Å². The predicted molar refractivity (Wildman–Crippen MR) is 127 cm³/mol. The Morgan fingerprint density at radius 3 is 2.58 bits per heavy atom. The van der Waals surface area contributed by atoms with Gasteiger partial charge in [-0.15, -0.1) is 0 Å². The van der Waals surface area contributed by atoms with Crippen molar-refractivity contribution >= 4 is 38.4 Å². The number of ether oxygens (including phenoxy) is 4. The average Bonchev–Trinajstić information content (AvgIpc) is 3.40. The molecule has 0 aliphatic rings. The van der Waals surface area contributed by atoms with Crippen molar-refractivity contribution in [3.05, 3.63) is 47.0 Å². The third-order valence-corrected chi connectivity index (χ3v) is 6.11. The molecule has 0 unspecified atom stereocenters. The molecular weight excluding hydrogens is 444 g/mol. The summed E-state index contributed by atoms with van der Waals surface area (Å²) < 4.78 is 30.7. The lowest BCUT2D eigenvalue weighted by molar-refractivity contribution is 0.0972. The number of hydrogen-bond donors (Lipinski definition) is 0. The van der Waals surface area contributed by atoms with Gasteiger partial charge in [-0.1, -0.05) is 23.5 Å². The van der Waals surface area contributed by atoms with E-state index in [0.717, 1.165) is 15.6 Å². The van der Waals surface area contributed by atoms with Gasteiger partial charge in [-0.05, 0) is 26.0 Å². The molecule has 0 fully saturated rings. The van der Waals surface area contributed by atoms with Crippen LogP contribution in [0.25, 0.3) is 21.2 Å². The van der Waals surface area contributed by atoms with E-state index in [1.165, 1.54) is 11.3 Å². The maximum atomic E-state index is 13.1. The molecule has 0 aliphatic carbocycles. The fraction of sp³-hybridized carbons (Fsp3) is 0.333. The Kier molecular flexibility index (Phi) is 7.00. The zero-order chi connectivity index (χ0) is 23.4. The first-order valence-electron chi connectivity index (χ1n) is 10.7. The molecule has 9 heteroatoms. The number of benzene rings is 2. The highest BCUT2D eigenvalue weighted by molar-refractivity contribution is 7.16. The summed E-state index contributed by atoms with van der Waals surface area (Å²) in [6, 6.07) is 11.0. The Hall–Kier alpha value is -3.30. The van der Waals surface area contributed by atoms with Crippen molar-refractivity contribution in [1.29, 1.82) is 0 Å². The third kappa shape index (κ3) is 4.60. The van der Waals surface area contributed by atoms with Crippen LogP contribution in [0.3, 0.4) is 0 Å². The van der Waals surface area contributed by atoms with Crippen LogP contribution in [0.2, 0.25) is 0 Å². The van der Waals surface area contributed by atoms with Crippen LogP contribution >= 0.6 is 11.3 Å². The largest absolute Gasteiger partial charge is 0.493 e. The minimum absolute atomic E-state index is 0.154. The zero-order valence-electron chi connectivity index (χ0n) is 19.0. The van der Waals surface area contributed by atoms with Crippen LogP contribution in [0, 0.1) is 0 Å². The van der Waals surface area contributed by atoms with Gasteiger partial charge in [0.2, 0.25) is 0 Å². The maximum absolute atomic E-state index is 13.1. The van der Waals surface area contributed by atoms with Crippen LogP contribution in [-0.2, 0) is 11.3 Å². The number of amides is 1. The Bertz CT molecular complexity index is 1350. The van der Waals surface area contributed by atoms with Crippen LogP contribution in [0.1, 0.15) is 24.4 Å². The van der Waals surface area contributed by atoms with Gasteiger partial charge in [0.15, 0.2) is 33.4 Å². The van der Waals surface area contributed by atoms with E-state index < -0.39 is 5.91 Å². The van der Waals surface area contributed by atoms with Crippen molar-refractivity contribution in [2.24, 2.45) is 4.99 Å². The summed E-state index contributed by atoms with van der Waals surface area (Å²) in [7, 11) is 3.18. The monoisotopic (exact) mass is 470 g/mol. The first kappa shape index (κ1) is 22.9. The van der Waals surface area contributed by atoms with Gasteiger partial charge in [-0.3, -0.25) is 4.79 Å². The van der Waals surface area contributed by atoms with Crippen molar-refractivity contribution in [1.82, 2.24) is 4.57 Å². The number of fused-ring (bicyclic) bond motifs is 2. The van der Waals surface area contributed by atoms with Gasteiger partial charge in [-0.2, -0.15) is 4.99 Å². The van der Waals surface area contributed by atoms with E-state index >= 15 is 0 Å².